The van der Waals surface area contributed by atoms with Crippen LogP contribution in [0, 0.1) is 12.3 Å². The van der Waals surface area contributed by atoms with Crippen molar-refractivity contribution in [2.45, 2.75) is 78.5 Å². The van der Waals surface area contributed by atoms with Crippen molar-refractivity contribution < 1.29 is 4.74 Å². The average molecular weight is 364 g/mol. The zero-order valence-corrected chi connectivity index (χ0v) is 17.2. The Morgan fingerprint density at radius 3 is 2.81 bits per heavy atom. The topological polar surface area (TPSA) is 63.5 Å². The largest absolute Gasteiger partial charge is 0.378 e. The molecule has 6 heteroatoms. The molecule has 26 heavy (non-hydrogen) atoms. The molecule has 2 unspecified atom stereocenters. The molecule has 2 N–H and O–H groups in total. The van der Waals surface area contributed by atoms with E-state index in [-0.39, 0.29) is 5.41 Å². The number of nitrogens with zero attached hydrogens (tertiary/aromatic N) is 3. The molecule has 0 amide bonds. The van der Waals surface area contributed by atoms with E-state index < -0.39 is 0 Å². The number of imidazole rings is 1. The minimum Gasteiger partial charge on any atom is -0.378 e. The van der Waals surface area contributed by atoms with Gasteiger partial charge in [-0.15, -0.1) is 0 Å². The Bertz CT molecular complexity index is 566. The summed E-state index contributed by atoms with van der Waals surface area (Å²) in [6.07, 6.45) is 9.87. The molecule has 0 saturated heterocycles. The maximum Gasteiger partial charge on any atom is 0.191 e. The van der Waals surface area contributed by atoms with E-state index in [9.17, 15) is 0 Å². The Morgan fingerprint density at radius 2 is 2.19 bits per heavy atom. The quantitative estimate of drug-likeness (QED) is 0.381. The van der Waals surface area contributed by atoms with Gasteiger partial charge in [-0.1, -0.05) is 27.2 Å². The number of hydrogen-bond acceptors (Lipinski definition) is 3. The van der Waals surface area contributed by atoms with Crippen LogP contribution in [0.4, 0.5) is 0 Å². The van der Waals surface area contributed by atoms with Crippen molar-refractivity contribution >= 4 is 5.96 Å². The average Bonchev–Trinajstić information content (AvgIpc) is 3.03. The van der Waals surface area contributed by atoms with Gasteiger partial charge in [-0.25, -0.2) is 4.98 Å². The molecule has 1 aromatic heterocycles. The summed E-state index contributed by atoms with van der Waals surface area (Å²) in [5, 5.41) is 7.01. The zero-order valence-electron chi connectivity index (χ0n) is 17.2. The predicted octanol–water partition coefficient (Wildman–Crippen LogP) is 3.12. The summed E-state index contributed by atoms with van der Waals surface area (Å²) in [6, 6.07) is 0.411. The molecule has 2 rings (SSSR count). The molecule has 6 nitrogen and oxygen atoms in total. The molecule has 1 heterocycles. The molecule has 1 fully saturated rings. The van der Waals surface area contributed by atoms with Gasteiger partial charge in [-0.2, -0.15) is 0 Å². The number of guanidine groups is 1. The summed E-state index contributed by atoms with van der Waals surface area (Å²) in [4.78, 5) is 8.63. The number of nitrogens with one attached hydrogen (secondary N) is 2. The number of hydrogen-bond donors (Lipinski definition) is 2. The van der Waals surface area contributed by atoms with Crippen LogP contribution in [0.1, 0.15) is 58.7 Å². The number of ether oxygens (including phenoxy) is 1. The second-order valence-corrected chi connectivity index (χ2v) is 7.84. The second-order valence-electron chi connectivity index (χ2n) is 7.84. The van der Waals surface area contributed by atoms with Crippen LogP contribution in [-0.4, -0.2) is 47.9 Å². The minimum absolute atomic E-state index is 0.143. The van der Waals surface area contributed by atoms with Crippen molar-refractivity contribution in [2.75, 3.05) is 20.2 Å². The Labute approximate surface area is 158 Å². The van der Waals surface area contributed by atoms with Gasteiger partial charge >= 0.3 is 0 Å². The van der Waals surface area contributed by atoms with E-state index in [0.29, 0.717) is 12.1 Å². The van der Waals surface area contributed by atoms with Gasteiger partial charge in [0.25, 0.3) is 0 Å². The molecular weight excluding hydrogens is 326 g/mol. The third kappa shape index (κ3) is 5.47. The fourth-order valence-electron chi connectivity index (χ4n) is 3.40. The Hall–Kier alpha value is -1.56. The summed E-state index contributed by atoms with van der Waals surface area (Å²) >= 11 is 0. The molecule has 0 aromatic carbocycles. The van der Waals surface area contributed by atoms with E-state index in [1.807, 2.05) is 26.4 Å². The number of aromatic nitrogens is 2. The molecule has 1 aromatic rings. The lowest BCUT2D eigenvalue weighted by molar-refractivity contribution is -0.113. The number of unbranched alkanes of at least 4 members (excludes halogenated alkanes) is 2. The molecule has 0 bridgehead atoms. The summed E-state index contributed by atoms with van der Waals surface area (Å²) < 4.78 is 8.23. The summed E-state index contributed by atoms with van der Waals surface area (Å²) in [7, 11) is 1.84. The minimum atomic E-state index is 0.143. The first kappa shape index (κ1) is 20.7. The van der Waals surface area contributed by atoms with Crippen LogP contribution in [0.15, 0.2) is 17.4 Å². The van der Waals surface area contributed by atoms with E-state index in [4.69, 9.17) is 4.74 Å². The lowest BCUT2D eigenvalue weighted by atomic mass is 9.64. The molecule has 1 aliphatic rings. The van der Waals surface area contributed by atoms with Gasteiger partial charge in [0.05, 0.1) is 6.10 Å². The first-order chi connectivity index (χ1) is 12.5. The third-order valence-corrected chi connectivity index (χ3v) is 5.57. The van der Waals surface area contributed by atoms with Gasteiger partial charge in [0, 0.05) is 50.6 Å². The first-order valence-corrected chi connectivity index (χ1v) is 10.1. The van der Waals surface area contributed by atoms with E-state index in [0.717, 1.165) is 57.2 Å². The van der Waals surface area contributed by atoms with Crippen molar-refractivity contribution in [3.05, 3.63) is 18.2 Å². The van der Waals surface area contributed by atoms with Crippen LogP contribution >= 0.6 is 0 Å². The number of aliphatic imine (C=N–C) groups is 1. The smallest absolute Gasteiger partial charge is 0.191 e. The highest BCUT2D eigenvalue weighted by Crippen LogP contribution is 2.42. The molecule has 0 spiro atoms. The Kier molecular flexibility index (Phi) is 7.94. The van der Waals surface area contributed by atoms with E-state index >= 15 is 0 Å². The lowest BCUT2D eigenvalue weighted by Crippen LogP contribution is -2.63. The SMILES string of the molecule is CCCCOC1CC(NC(=NC)NCCCCn2ccnc2C)C1(C)C. The monoisotopic (exact) mass is 363 g/mol. The first-order valence-electron chi connectivity index (χ1n) is 10.1. The standard InChI is InChI=1S/C20H37N5O/c1-6-7-14-26-18-15-17(20(18,3)4)24-19(21-5)23-10-8-9-12-25-13-11-22-16(25)2/h11,13,17-18H,6-10,12,14-15H2,1-5H3,(H2,21,23,24). The lowest BCUT2D eigenvalue weighted by Gasteiger charge is -2.52. The number of aryl methyl sites for hydroxylation is 2. The van der Waals surface area contributed by atoms with E-state index in [1.54, 1.807) is 0 Å². The maximum atomic E-state index is 6.03. The summed E-state index contributed by atoms with van der Waals surface area (Å²) in [6.45, 7) is 11.6. The molecular formula is C20H37N5O. The van der Waals surface area contributed by atoms with Gasteiger partial charge in [0.15, 0.2) is 5.96 Å². The van der Waals surface area contributed by atoms with Crippen LogP contribution in [0.25, 0.3) is 0 Å². The van der Waals surface area contributed by atoms with Gasteiger partial charge in [0.2, 0.25) is 0 Å². The van der Waals surface area contributed by atoms with Gasteiger partial charge in [-0.05, 0) is 32.6 Å². The molecule has 1 aliphatic carbocycles. The maximum absolute atomic E-state index is 6.03. The van der Waals surface area contributed by atoms with Crippen LogP contribution in [0.2, 0.25) is 0 Å². The van der Waals surface area contributed by atoms with E-state index in [2.05, 4.69) is 45.9 Å². The van der Waals surface area contributed by atoms with Crippen molar-refractivity contribution in [2.24, 2.45) is 10.4 Å². The van der Waals surface area contributed by atoms with Crippen molar-refractivity contribution in [1.82, 2.24) is 20.2 Å². The summed E-state index contributed by atoms with van der Waals surface area (Å²) in [5.74, 6) is 1.98. The van der Waals surface area contributed by atoms with Gasteiger partial charge in [-0.3, -0.25) is 4.99 Å². The molecule has 0 aliphatic heterocycles. The second kappa shape index (κ2) is 9.95. The van der Waals surface area contributed by atoms with Crippen LogP contribution < -0.4 is 10.6 Å². The normalized spacial score (nSPS) is 22.1. The Morgan fingerprint density at radius 1 is 1.38 bits per heavy atom. The third-order valence-electron chi connectivity index (χ3n) is 5.57. The van der Waals surface area contributed by atoms with Crippen molar-refractivity contribution in [3.8, 4) is 0 Å². The molecule has 148 valence electrons. The van der Waals surface area contributed by atoms with Gasteiger partial charge in [0.1, 0.15) is 5.82 Å². The highest BCUT2D eigenvalue weighted by Gasteiger charge is 2.49. The van der Waals surface area contributed by atoms with Crippen molar-refractivity contribution in [3.63, 3.8) is 0 Å². The van der Waals surface area contributed by atoms with Crippen LogP contribution in [-0.2, 0) is 11.3 Å². The molecule has 1 saturated carbocycles. The number of rotatable bonds is 10. The zero-order chi connectivity index (χ0) is 19.0. The van der Waals surface area contributed by atoms with Crippen LogP contribution in [0.5, 0.6) is 0 Å². The van der Waals surface area contributed by atoms with Crippen LogP contribution in [0.3, 0.4) is 0 Å². The fraction of sp³-hybridized carbons (Fsp3) is 0.800. The predicted molar refractivity (Wildman–Crippen MR) is 108 cm³/mol. The molecule has 0 radical (unpaired) electrons. The Balaban J connectivity index is 1.64. The van der Waals surface area contributed by atoms with Gasteiger partial charge < -0.3 is 19.9 Å². The van der Waals surface area contributed by atoms with Crippen molar-refractivity contribution in [1.29, 1.82) is 0 Å². The highest BCUT2D eigenvalue weighted by atomic mass is 16.5. The molecule has 2 atom stereocenters. The highest BCUT2D eigenvalue weighted by molar-refractivity contribution is 5.80. The summed E-state index contributed by atoms with van der Waals surface area (Å²) in [5.41, 5.74) is 0.143. The fourth-order valence-corrected chi connectivity index (χ4v) is 3.40. The van der Waals surface area contributed by atoms with E-state index in [1.165, 1.54) is 6.42 Å².